The summed E-state index contributed by atoms with van der Waals surface area (Å²) in [6, 6.07) is 0. The second-order valence-electron chi connectivity index (χ2n) is 11.4. The number of fused-ring (bicyclic) bond motifs is 5. The summed E-state index contributed by atoms with van der Waals surface area (Å²) in [5.74, 6) is 3.08. The van der Waals surface area contributed by atoms with Gasteiger partial charge in [-0.2, -0.15) is 0 Å². The van der Waals surface area contributed by atoms with Gasteiger partial charge in [0, 0.05) is 6.42 Å². The zero-order chi connectivity index (χ0) is 20.3. The second kappa shape index (κ2) is 7.27. The van der Waals surface area contributed by atoms with Crippen molar-refractivity contribution < 1.29 is 15.0 Å². The largest absolute Gasteiger partial charge is 0.393 e. The van der Waals surface area contributed by atoms with Gasteiger partial charge in [-0.15, -0.1) is 0 Å². The maximum atomic E-state index is 11.3. The van der Waals surface area contributed by atoms with E-state index >= 15 is 0 Å². The standard InChI is InChI=1S/C24H41NO3/c1-14(4-7-21(25)28)17-5-6-18-22-19(9-11-24(17,18)3)23(2)10-8-16(26)12-15(23)13-20(22)27/h14-20,22,26-27H,4-13H2,1-3H3,(H2,25,28)/t14-,15?,16-,17-,18+,19+,20+,22+,23+,24-/m1/s1. The predicted molar refractivity (Wildman–Crippen MR) is 110 cm³/mol. The minimum absolute atomic E-state index is 0.169. The molecule has 4 aliphatic rings. The van der Waals surface area contributed by atoms with Crippen LogP contribution in [-0.2, 0) is 4.79 Å². The lowest BCUT2D eigenvalue weighted by atomic mass is 9.43. The second-order valence-corrected chi connectivity index (χ2v) is 11.4. The lowest BCUT2D eigenvalue weighted by molar-refractivity contribution is -0.174. The Morgan fingerprint density at radius 1 is 1.04 bits per heavy atom. The first-order valence-electron chi connectivity index (χ1n) is 11.8. The Bertz CT molecular complexity index is 609. The molecule has 4 rings (SSSR count). The summed E-state index contributed by atoms with van der Waals surface area (Å²) in [5.41, 5.74) is 5.99. The van der Waals surface area contributed by atoms with Crippen LogP contribution in [0.5, 0.6) is 0 Å². The van der Waals surface area contributed by atoms with Crippen LogP contribution < -0.4 is 5.73 Å². The summed E-state index contributed by atoms with van der Waals surface area (Å²) < 4.78 is 0. The normalized spacial score (nSPS) is 51.7. The van der Waals surface area contributed by atoms with E-state index in [9.17, 15) is 15.0 Å². The molecule has 28 heavy (non-hydrogen) atoms. The molecule has 4 saturated carbocycles. The highest BCUT2D eigenvalue weighted by Gasteiger charge is 2.62. The van der Waals surface area contributed by atoms with Gasteiger partial charge in [-0.05, 0) is 104 Å². The van der Waals surface area contributed by atoms with Crippen molar-refractivity contribution in [3.8, 4) is 0 Å². The van der Waals surface area contributed by atoms with Gasteiger partial charge in [0.15, 0.2) is 0 Å². The number of nitrogens with two attached hydrogens (primary N) is 1. The average molecular weight is 392 g/mol. The molecule has 0 aliphatic heterocycles. The molecule has 1 amide bonds. The average Bonchev–Trinajstić information content (AvgIpc) is 2.98. The van der Waals surface area contributed by atoms with Crippen LogP contribution >= 0.6 is 0 Å². The molecule has 0 aromatic heterocycles. The molecule has 0 spiro atoms. The van der Waals surface area contributed by atoms with Crippen LogP contribution in [0.4, 0.5) is 0 Å². The summed E-state index contributed by atoms with van der Waals surface area (Å²) >= 11 is 0. The fourth-order valence-corrected chi connectivity index (χ4v) is 8.75. The Kier molecular flexibility index (Phi) is 5.36. The van der Waals surface area contributed by atoms with E-state index in [1.54, 1.807) is 0 Å². The Morgan fingerprint density at radius 3 is 2.43 bits per heavy atom. The van der Waals surface area contributed by atoms with Crippen LogP contribution in [0.15, 0.2) is 0 Å². The van der Waals surface area contributed by atoms with Crippen LogP contribution in [0.2, 0.25) is 0 Å². The van der Waals surface area contributed by atoms with Crippen molar-refractivity contribution in [3.63, 3.8) is 0 Å². The number of aliphatic hydroxyl groups is 2. The number of hydrogen-bond acceptors (Lipinski definition) is 3. The number of carbonyl (C=O) groups is 1. The highest BCUT2D eigenvalue weighted by Crippen LogP contribution is 2.68. The van der Waals surface area contributed by atoms with Crippen molar-refractivity contribution in [2.75, 3.05) is 0 Å². The predicted octanol–water partition coefficient (Wildman–Crippen LogP) is 3.88. The molecule has 4 aliphatic carbocycles. The SMILES string of the molecule is C[C@H](CCC(N)=O)[C@H]1CC[C@H]2[C@@H]3[C@@H](O)CC4C[C@H](O)CC[C@]4(C)[C@H]3CC[C@]12C. The molecule has 0 aromatic carbocycles. The monoisotopic (exact) mass is 391 g/mol. The van der Waals surface area contributed by atoms with E-state index in [0.717, 1.165) is 32.1 Å². The number of rotatable bonds is 4. The zero-order valence-corrected chi connectivity index (χ0v) is 18.1. The fraction of sp³-hybridized carbons (Fsp3) is 0.958. The van der Waals surface area contributed by atoms with Crippen molar-refractivity contribution in [3.05, 3.63) is 0 Å². The quantitative estimate of drug-likeness (QED) is 0.680. The maximum absolute atomic E-state index is 11.3. The Balaban J connectivity index is 1.55. The highest BCUT2D eigenvalue weighted by molar-refractivity contribution is 5.73. The van der Waals surface area contributed by atoms with Crippen molar-refractivity contribution in [1.29, 1.82) is 0 Å². The molecule has 1 unspecified atom stereocenters. The Morgan fingerprint density at radius 2 is 1.71 bits per heavy atom. The molecule has 0 radical (unpaired) electrons. The van der Waals surface area contributed by atoms with E-state index < -0.39 is 0 Å². The van der Waals surface area contributed by atoms with E-state index in [1.165, 1.54) is 25.7 Å². The van der Waals surface area contributed by atoms with Crippen LogP contribution in [0.1, 0.15) is 85.0 Å². The van der Waals surface area contributed by atoms with Gasteiger partial charge in [-0.3, -0.25) is 4.79 Å². The summed E-state index contributed by atoms with van der Waals surface area (Å²) in [5, 5.41) is 21.5. The van der Waals surface area contributed by atoms with Gasteiger partial charge in [0.25, 0.3) is 0 Å². The smallest absolute Gasteiger partial charge is 0.217 e. The van der Waals surface area contributed by atoms with Crippen LogP contribution in [0, 0.1) is 46.3 Å². The minimum atomic E-state index is -0.210. The summed E-state index contributed by atoms with van der Waals surface area (Å²) in [6.07, 6.45) is 9.75. The molecule has 4 nitrogen and oxygen atoms in total. The van der Waals surface area contributed by atoms with Gasteiger partial charge >= 0.3 is 0 Å². The summed E-state index contributed by atoms with van der Waals surface area (Å²) in [7, 11) is 0. The first-order chi connectivity index (χ1) is 13.2. The molecule has 4 fully saturated rings. The van der Waals surface area contributed by atoms with Gasteiger partial charge in [-0.25, -0.2) is 0 Å². The molecule has 0 heterocycles. The lowest BCUT2D eigenvalue weighted by Gasteiger charge is -2.62. The summed E-state index contributed by atoms with van der Waals surface area (Å²) in [4.78, 5) is 11.3. The van der Waals surface area contributed by atoms with Crippen LogP contribution in [0.25, 0.3) is 0 Å². The Hall–Kier alpha value is -0.610. The van der Waals surface area contributed by atoms with E-state index in [1.807, 2.05) is 0 Å². The molecule has 0 saturated heterocycles. The minimum Gasteiger partial charge on any atom is -0.393 e. The van der Waals surface area contributed by atoms with Crippen molar-refractivity contribution >= 4 is 5.91 Å². The zero-order valence-electron chi connectivity index (χ0n) is 18.1. The summed E-state index contributed by atoms with van der Waals surface area (Å²) in [6.45, 7) is 7.26. The van der Waals surface area contributed by atoms with E-state index in [0.29, 0.717) is 47.3 Å². The third-order valence-electron chi connectivity index (χ3n) is 10.3. The maximum Gasteiger partial charge on any atom is 0.217 e. The van der Waals surface area contributed by atoms with Gasteiger partial charge in [-0.1, -0.05) is 20.8 Å². The number of carbonyl (C=O) groups excluding carboxylic acids is 1. The molecule has 0 bridgehead atoms. The Labute approximate surface area is 170 Å². The van der Waals surface area contributed by atoms with E-state index in [2.05, 4.69) is 20.8 Å². The van der Waals surface area contributed by atoms with Gasteiger partial charge in [0.05, 0.1) is 12.2 Å². The van der Waals surface area contributed by atoms with Crippen LogP contribution in [-0.4, -0.2) is 28.3 Å². The number of amides is 1. The van der Waals surface area contributed by atoms with Gasteiger partial charge < -0.3 is 15.9 Å². The highest BCUT2D eigenvalue weighted by atomic mass is 16.3. The van der Waals surface area contributed by atoms with E-state index in [-0.39, 0.29) is 23.5 Å². The van der Waals surface area contributed by atoms with Crippen molar-refractivity contribution in [2.24, 2.45) is 52.1 Å². The number of hydrogen-bond donors (Lipinski definition) is 3. The number of primary amides is 1. The lowest BCUT2D eigenvalue weighted by Crippen LogP contribution is -2.58. The van der Waals surface area contributed by atoms with E-state index in [4.69, 9.17) is 5.73 Å². The molecular weight excluding hydrogens is 350 g/mol. The van der Waals surface area contributed by atoms with Gasteiger partial charge in [0.1, 0.15) is 0 Å². The number of aliphatic hydroxyl groups excluding tert-OH is 2. The van der Waals surface area contributed by atoms with Crippen LogP contribution in [0.3, 0.4) is 0 Å². The topological polar surface area (TPSA) is 83.6 Å². The van der Waals surface area contributed by atoms with Crippen molar-refractivity contribution in [2.45, 2.75) is 97.2 Å². The third kappa shape index (κ3) is 3.14. The third-order valence-corrected chi connectivity index (χ3v) is 10.3. The fourth-order valence-electron chi connectivity index (χ4n) is 8.75. The van der Waals surface area contributed by atoms with Crippen molar-refractivity contribution in [1.82, 2.24) is 0 Å². The molecule has 4 heteroatoms. The molecule has 0 aromatic rings. The first kappa shape index (κ1) is 20.7. The molecule has 4 N–H and O–H groups in total. The molecular formula is C24H41NO3. The molecule has 10 atom stereocenters. The first-order valence-corrected chi connectivity index (χ1v) is 11.8. The van der Waals surface area contributed by atoms with Gasteiger partial charge in [0.2, 0.25) is 5.91 Å². The molecule has 160 valence electrons.